The number of carbonyl (C=O) groups excluding carboxylic acids is 5. The van der Waals surface area contributed by atoms with Crippen molar-refractivity contribution in [1.82, 2.24) is 20.4 Å². The highest BCUT2D eigenvalue weighted by Gasteiger charge is 2.72. The van der Waals surface area contributed by atoms with Gasteiger partial charge < -0.3 is 20.4 Å². The van der Waals surface area contributed by atoms with Gasteiger partial charge in [0.05, 0.1) is 11.1 Å². The molecule has 3 aromatic rings. The second-order valence-corrected chi connectivity index (χ2v) is 18.7. The SMILES string of the molecule is C=C1CCC(N2Cc3c(C#CCCCC(=O)N4CCC(CC(=O)[C@@H]5NC6(CCCCC6)[C@@]6(C(=O)Nc7cc(Cl)ccc76)[C@H]5c5cccc(Cl)c5F)CC4)cccc3C2=O)C(=O)N1. The number of fused-ring (bicyclic) bond motifs is 4. The molecule has 3 saturated heterocycles. The van der Waals surface area contributed by atoms with Crippen LogP contribution in [0.1, 0.15) is 122 Å². The maximum Gasteiger partial charge on any atom is 0.255 e. The molecule has 1 aliphatic carbocycles. The smallest absolute Gasteiger partial charge is 0.255 e. The number of nitrogens with one attached hydrogen (secondary N) is 3. The molecule has 0 aromatic heterocycles. The number of unbranched alkanes of at least 4 members (excludes halogenated alkanes) is 1. The zero-order chi connectivity index (χ0) is 43.3. The standard InChI is InChI=1S/C49H50Cl2FN5O5/c1-29-16-19-39(45(60)53-29)57-28-35-31(11-8-12-33(35)46(57)61)10-4-2-5-15-41(59)56-24-20-30(21-25-56)26-40(58)44-42(34-13-9-14-37(51)43(34)52)49(48(55-44)22-6-3-7-23-48)36-18-17-32(50)27-38(36)54-47(49)62/h8-9,11-14,17-18,27,30,39,42,44,55H,1-3,5-7,15-16,19-26,28H2,(H,53,60)(H,54,62)/t39?,42-,44-,49+/m0/s1. The van der Waals surface area contributed by atoms with Crippen molar-refractivity contribution in [3.05, 3.63) is 111 Å². The van der Waals surface area contributed by atoms with E-state index in [-0.39, 0.29) is 52.3 Å². The van der Waals surface area contributed by atoms with Gasteiger partial charge >= 0.3 is 0 Å². The zero-order valence-electron chi connectivity index (χ0n) is 34.6. The van der Waals surface area contributed by atoms with E-state index in [0.29, 0.717) is 99.4 Å². The van der Waals surface area contributed by atoms with Gasteiger partial charge in [0.25, 0.3) is 5.91 Å². The number of nitrogens with zero attached hydrogens (tertiary/aromatic N) is 2. The highest BCUT2D eigenvalue weighted by atomic mass is 35.5. The van der Waals surface area contributed by atoms with Crippen molar-refractivity contribution in [3.63, 3.8) is 0 Å². The number of halogens is 3. The minimum atomic E-state index is -1.27. The van der Waals surface area contributed by atoms with Crippen molar-refractivity contribution in [2.24, 2.45) is 5.92 Å². The van der Waals surface area contributed by atoms with Gasteiger partial charge in [-0.2, -0.15) is 0 Å². The van der Waals surface area contributed by atoms with Crippen molar-refractivity contribution >= 4 is 58.3 Å². The number of hydrogen-bond acceptors (Lipinski definition) is 6. The number of ketones is 1. The largest absolute Gasteiger partial charge is 0.343 e. The van der Waals surface area contributed by atoms with E-state index in [0.717, 1.165) is 36.0 Å². The number of carbonyl (C=O) groups is 5. The third kappa shape index (κ3) is 7.22. The highest BCUT2D eigenvalue weighted by Crippen LogP contribution is 2.63. The third-order valence-corrected chi connectivity index (χ3v) is 15.0. The molecule has 4 amide bonds. The van der Waals surface area contributed by atoms with Gasteiger partial charge in [-0.15, -0.1) is 0 Å². The summed E-state index contributed by atoms with van der Waals surface area (Å²) < 4.78 is 16.3. The van der Waals surface area contributed by atoms with Crippen LogP contribution < -0.4 is 16.0 Å². The van der Waals surface area contributed by atoms with Gasteiger partial charge in [-0.1, -0.05) is 85.1 Å². The van der Waals surface area contributed by atoms with Crippen LogP contribution in [0.25, 0.3) is 0 Å². The minimum absolute atomic E-state index is 0.0220. The van der Waals surface area contributed by atoms with Gasteiger partial charge in [0.15, 0.2) is 5.78 Å². The van der Waals surface area contributed by atoms with E-state index in [1.807, 2.05) is 23.1 Å². The van der Waals surface area contributed by atoms with Crippen molar-refractivity contribution in [3.8, 4) is 11.8 Å². The number of allylic oxidation sites excluding steroid dienone is 1. The summed E-state index contributed by atoms with van der Waals surface area (Å²) in [6.45, 7) is 5.23. The fourth-order valence-electron chi connectivity index (χ4n) is 11.5. The maximum absolute atomic E-state index is 16.3. The summed E-state index contributed by atoms with van der Waals surface area (Å²) in [6, 6.07) is 14.3. The number of Topliss-reactive ketones (excluding diaryl/α,β-unsaturated/α-hetero) is 1. The first-order chi connectivity index (χ1) is 29.9. The van der Waals surface area contributed by atoms with Gasteiger partial charge in [-0.3, -0.25) is 29.3 Å². The lowest BCUT2D eigenvalue weighted by atomic mass is 9.55. The summed E-state index contributed by atoms with van der Waals surface area (Å²) >= 11 is 12.8. The van der Waals surface area contributed by atoms with Crippen LogP contribution in [0, 0.1) is 23.6 Å². The van der Waals surface area contributed by atoms with E-state index in [2.05, 4.69) is 34.4 Å². The molecule has 1 unspecified atom stereocenters. The molecular weight excluding hydrogens is 828 g/mol. The van der Waals surface area contributed by atoms with E-state index in [4.69, 9.17) is 23.2 Å². The van der Waals surface area contributed by atoms with E-state index >= 15 is 4.39 Å². The molecule has 4 fully saturated rings. The van der Waals surface area contributed by atoms with E-state index in [1.54, 1.807) is 35.2 Å². The number of benzene rings is 3. The molecule has 0 radical (unpaired) electrons. The first-order valence-electron chi connectivity index (χ1n) is 22.0. The molecule has 3 N–H and O–H groups in total. The number of amides is 4. The lowest BCUT2D eigenvalue weighted by Gasteiger charge is -2.47. The van der Waals surface area contributed by atoms with Gasteiger partial charge in [-0.25, -0.2) is 4.39 Å². The first-order valence-corrected chi connectivity index (χ1v) is 22.7. The molecule has 10 nitrogen and oxygen atoms in total. The van der Waals surface area contributed by atoms with Crippen LogP contribution in [-0.4, -0.2) is 69.9 Å². The second-order valence-electron chi connectivity index (χ2n) is 17.9. The van der Waals surface area contributed by atoms with E-state index in [1.165, 1.54) is 6.07 Å². The quantitative estimate of drug-likeness (QED) is 0.156. The molecular formula is C49H50Cl2FN5O5. The highest BCUT2D eigenvalue weighted by molar-refractivity contribution is 6.31. The van der Waals surface area contributed by atoms with Crippen LogP contribution in [0.5, 0.6) is 0 Å². The van der Waals surface area contributed by atoms with E-state index < -0.39 is 34.8 Å². The number of piperidine rings is 2. The molecule has 2 spiro atoms. The summed E-state index contributed by atoms with van der Waals surface area (Å²) in [5.41, 5.74) is 2.31. The Morgan fingerprint density at radius 2 is 1.73 bits per heavy atom. The van der Waals surface area contributed by atoms with Gasteiger partial charge in [0.2, 0.25) is 17.7 Å². The van der Waals surface area contributed by atoms with Crippen molar-refractivity contribution in [2.45, 2.75) is 119 Å². The molecule has 0 bridgehead atoms. The Balaban J connectivity index is 0.840. The molecule has 5 aliphatic heterocycles. The number of rotatable bonds is 8. The van der Waals surface area contributed by atoms with Crippen LogP contribution in [0.15, 0.2) is 66.9 Å². The number of hydrogen-bond donors (Lipinski definition) is 3. The number of likely N-dealkylation sites (tertiary alicyclic amines) is 1. The third-order valence-electron chi connectivity index (χ3n) is 14.4. The Labute approximate surface area is 371 Å². The molecule has 5 heterocycles. The van der Waals surface area contributed by atoms with Crippen molar-refractivity contribution in [2.75, 3.05) is 18.4 Å². The summed E-state index contributed by atoms with van der Waals surface area (Å²) in [6.07, 6.45) is 8.21. The van der Waals surface area contributed by atoms with Crippen molar-refractivity contribution in [1.29, 1.82) is 0 Å². The lowest BCUT2D eigenvalue weighted by Crippen LogP contribution is -2.60. The fourth-order valence-corrected chi connectivity index (χ4v) is 11.8. The second kappa shape index (κ2) is 16.9. The monoisotopic (exact) mass is 877 g/mol. The fraction of sp³-hybridized carbons (Fsp3) is 0.449. The first kappa shape index (κ1) is 42.3. The van der Waals surface area contributed by atoms with E-state index in [9.17, 15) is 24.0 Å². The van der Waals surface area contributed by atoms with Crippen molar-refractivity contribution < 1.29 is 28.4 Å². The van der Waals surface area contributed by atoms with Gasteiger partial charge in [0.1, 0.15) is 17.3 Å². The predicted molar refractivity (Wildman–Crippen MR) is 235 cm³/mol. The normalized spacial score (nSPS) is 25.4. The maximum atomic E-state index is 16.3. The molecule has 322 valence electrons. The average molecular weight is 879 g/mol. The summed E-state index contributed by atoms with van der Waals surface area (Å²) in [7, 11) is 0. The molecule has 13 heteroatoms. The molecule has 62 heavy (non-hydrogen) atoms. The van der Waals surface area contributed by atoms with Gasteiger partial charge in [-0.05, 0) is 97.9 Å². The lowest BCUT2D eigenvalue weighted by molar-refractivity contribution is -0.133. The Morgan fingerprint density at radius 3 is 2.50 bits per heavy atom. The predicted octanol–water partition coefficient (Wildman–Crippen LogP) is 7.95. The molecule has 4 atom stereocenters. The van der Waals surface area contributed by atoms with Crippen LogP contribution in [0.2, 0.25) is 10.0 Å². The summed E-state index contributed by atoms with van der Waals surface area (Å²) in [5.74, 6) is 4.30. The van der Waals surface area contributed by atoms with Crippen LogP contribution in [-0.2, 0) is 31.1 Å². The topological polar surface area (TPSA) is 128 Å². The Kier molecular flexibility index (Phi) is 11.5. The Bertz CT molecular complexity index is 2450. The average Bonchev–Trinajstić information content (AvgIpc) is 3.85. The summed E-state index contributed by atoms with van der Waals surface area (Å²) in [4.78, 5) is 72.1. The Hall–Kier alpha value is -5.02. The minimum Gasteiger partial charge on any atom is -0.343 e. The molecule has 1 saturated carbocycles. The number of anilines is 1. The van der Waals surface area contributed by atoms with Crippen LogP contribution >= 0.6 is 23.2 Å². The molecule has 6 aliphatic rings. The van der Waals surface area contributed by atoms with Crippen LogP contribution in [0.4, 0.5) is 10.1 Å². The van der Waals surface area contributed by atoms with Gasteiger partial charge in [0, 0.05) is 77.9 Å². The van der Waals surface area contributed by atoms with Crippen LogP contribution in [0.3, 0.4) is 0 Å². The molecule has 9 rings (SSSR count). The Morgan fingerprint density at radius 1 is 0.952 bits per heavy atom. The zero-order valence-corrected chi connectivity index (χ0v) is 36.1. The molecule has 3 aromatic carbocycles. The summed E-state index contributed by atoms with van der Waals surface area (Å²) in [5, 5.41) is 10.0.